The number of azo groups is 1. The molecule has 0 saturated heterocycles. The lowest BCUT2D eigenvalue weighted by Gasteiger charge is -2.15. The van der Waals surface area contributed by atoms with Crippen LogP contribution in [0.1, 0.15) is 32.0 Å². The fraction of sp³-hybridized carbons (Fsp3) is 0.278. The van der Waals surface area contributed by atoms with Crippen LogP contribution < -0.4 is 0 Å². The van der Waals surface area contributed by atoms with Crippen molar-refractivity contribution >= 4 is 17.2 Å². The number of imidazole rings is 1. The number of hydrogen-bond donors (Lipinski definition) is 1. The molecule has 0 atom stereocenters. The number of aromatic nitrogens is 2. The molecule has 0 fully saturated rings. The van der Waals surface area contributed by atoms with Crippen molar-refractivity contribution in [1.82, 2.24) is 9.38 Å². The predicted molar refractivity (Wildman–Crippen MR) is 90.4 cm³/mol. The molecular formula is C18H20N4O. The number of aliphatic hydroxyl groups excluding tert-OH is 1. The molecule has 2 heterocycles. The zero-order valence-corrected chi connectivity index (χ0v) is 13.6. The van der Waals surface area contributed by atoms with Gasteiger partial charge in [0.2, 0.25) is 0 Å². The van der Waals surface area contributed by atoms with Crippen LogP contribution >= 0.6 is 0 Å². The number of benzene rings is 1. The maximum Gasteiger partial charge on any atom is 0.183 e. The molecule has 3 aromatic rings. The second-order valence-electron chi connectivity index (χ2n) is 6.49. The topological polar surface area (TPSA) is 62.2 Å². The Morgan fingerprint density at radius 3 is 2.48 bits per heavy atom. The van der Waals surface area contributed by atoms with E-state index in [1.54, 1.807) is 0 Å². The van der Waals surface area contributed by atoms with Crippen LogP contribution in [0.2, 0.25) is 0 Å². The van der Waals surface area contributed by atoms with Crippen molar-refractivity contribution in [2.45, 2.75) is 32.8 Å². The van der Waals surface area contributed by atoms with Gasteiger partial charge < -0.3 is 5.11 Å². The Labute approximate surface area is 135 Å². The van der Waals surface area contributed by atoms with E-state index in [2.05, 4.69) is 31.0 Å². The highest BCUT2D eigenvalue weighted by molar-refractivity contribution is 5.55. The molecule has 0 saturated carbocycles. The summed E-state index contributed by atoms with van der Waals surface area (Å²) in [5.74, 6) is 0.723. The van der Waals surface area contributed by atoms with Gasteiger partial charge in [-0.25, -0.2) is 4.98 Å². The predicted octanol–water partition coefficient (Wildman–Crippen LogP) is 4.54. The van der Waals surface area contributed by atoms with Gasteiger partial charge in [-0.1, -0.05) is 39.0 Å². The second-order valence-corrected chi connectivity index (χ2v) is 6.49. The van der Waals surface area contributed by atoms with Crippen molar-refractivity contribution in [2.24, 2.45) is 10.2 Å². The van der Waals surface area contributed by atoms with Gasteiger partial charge in [0, 0.05) is 11.6 Å². The molecule has 0 amide bonds. The standard InChI is InChI=1S/C18H20N4O/c1-18(2,3)16-17(21-20-14-7-5-4-6-8-14)22-10-9-13(12-23)11-15(22)19-16/h4-11,23H,12H2,1-3H3. The van der Waals surface area contributed by atoms with Crippen LogP contribution in [0.5, 0.6) is 0 Å². The van der Waals surface area contributed by atoms with Crippen molar-refractivity contribution in [3.05, 3.63) is 59.9 Å². The first kappa shape index (κ1) is 15.4. The van der Waals surface area contributed by atoms with E-state index in [0.29, 0.717) is 0 Å². The van der Waals surface area contributed by atoms with E-state index < -0.39 is 0 Å². The summed E-state index contributed by atoms with van der Waals surface area (Å²) in [4.78, 5) is 4.70. The molecule has 23 heavy (non-hydrogen) atoms. The summed E-state index contributed by atoms with van der Waals surface area (Å²) in [5.41, 5.74) is 3.12. The maximum absolute atomic E-state index is 9.31. The van der Waals surface area contributed by atoms with Crippen molar-refractivity contribution < 1.29 is 5.11 Å². The highest BCUT2D eigenvalue weighted by Crippen LogP contribution is 2.33. The van der Waals surface area contributed by atoms with Gasteiger partial charge in [0.05, 0.1) is 18.0 Å². The molecule has 1 N–H and O–H groups in total. The van der Waals surface area contributed by atoms with Gasteiger partial charge in [-0.15, -0.1) is 10.2 Å². The number of aliphatic hydroxyl groups is 1. The largest absolute Gasteiger partial charge is 0.392 e. The van der Waals surface area contributed by atoms with Gasteiger partial charge in [-0.05, 0) is 29.8 Å². The number of rotatable bonds is 3. The summed E-state index contributed by atoms with van der Waals surface area (Å²) < 4.78 is 1.91. The zero-order chi connectivity index (χ0) is 16.4. The Morgan fingerprint density at radius 1 is 1.09 bits per heavy atom. The first-order chi connectivity index (χ1) is 11.0. The normalized spacial score (nSPS) is 12.3. The van der Waals surface area contributed by atoms with E-state index in [-0.39, 0.29) is 12.0 Å². The second kappa shape index (κ2) is 5.93. The molecular weight excluding hydrogens is 288 g/mol. The van der Waals surface area contributed by atoms with E-state index >= 15 is 0 Å². The van der Waals surface area contributed by atoms with Gasteiger partial charge >= 0.3 is 0 Å². The molecule has 5 heteroatoms. The average molecular weight is 308 g/mol. The zero-order valence-electron chi connectivity index (χ0n) is 13.6. The van der Waals surface area contributed by atoms with Crippen LogP contribution in [0, 0.1) is 0 Å². The van der Waals surface area contributed by atoms with Gasteiger partial charge in [0.25, 0.3) is 0 Å². The molecule has 2 aromatic heterocycles. The minimum absolute atomic E-state index is 0.00488. The number of nitrogens with zero attached hydrogens (tertiary/aromatic N) is 4. The lowest BCUT2D eigenvalue weighted by atomic mass is 9.92. The summed E-state index contributed by atoms with van der Waals surface area (Å²) in [6.45, 7) is 6.30. The van der Waals surface area contributed by atoms with Gasteiger partial charge in [-0.2, -0.15) is 0 Å². The molecule has 0 spiro atoms. The van der Waals surface area contributed by atoms with Crippen LogP contribution in [0.3, 0.4) is 0 Å². The third kappa shape index (κ3) is 3.14. The minimum Gasteiger partial charge on any atom is -0.392 e. The molecule has 0 unspecified atom stereocenters. The highest BCUT2D eigenvalue weighted by Gasteiger charge is 2.24. The molecule has 5 nitrogen and oxygen atoms in total. The van der Waals surface area contributed by atoms with E-state index in [4.69, 9.17) is 4.98 Å². The smallest absolute Gasteiger partial charge is 0.183 e. The van der Waals surface area contributed by atoms with Crippen LogP contribution in [0.25, 0.3) is 5.65 Å². The quantitative estimate of drug-likeness (QED) is 0.722. The number of fused-ring (bicyclic) bond motifs is 1. The van der Waals surface area contributed by atoms with Crippen molar-refractivity contribution in [3.8, 4) is 0 Å². The third-order valence-corrected chi connectivity index (χ3v) is 3.57. The monoisotopic (exact) mass is 308 g/mol. The number of pyridine rings is 1. The summed E-state index contributed by atoms with van der Waals surface area (Å²) >= 11 is 0. The van der Waals surface area contributed by atoms with E-state index in [1.807, 2.05) is 53.1 Å². The van der Waals surface area contributed by atoms with E-state index in [1.165, 1.54) is 0 Å². The van der Waals surface area contributed by atoms with Crippen LogP contribution in [-0.2, 0) is 12.0 Å². The third-order valence-electron chi connectivity index (χ3n) is 3.57. The fourth-order valence-corrected chi connectivity index (χ4v) is 2.37. The lowest BCUT2D eigenvalue weighted by molar-refractivity contribution is 0.282. The Balaban J connectivity index is 2.15. The summed E-state index contributed by atoms with van der Waals surface area (Å²) in [6.07, 6.45) is 1.88. The average Bonchev–Trinajstić information content (AvgIpc) is 2.92. The first-order valence-electron chi connectivity index (χ1n) is 7.58. The Hall–Kier alpha value is -2.53. The van der Waals surface area contributed by atoms with Gasteiger partial charge in [-0.3, -0.25) is 4.40 Å². The van der Waals surface area contributed by atoms with Crippen LogP contribution in [0.4, 0.5) is 11.5 Å². The van der Waals surface area contributed by atoms with Crippen molar-refractivity contribution in [1.29, 1.82) is 0 Å². The molecule has 0 radical (unpaired) electrons. The summed E-state index contributed by atoms with van der Waals surface area (Å²) in [6, 6.07) is 13.4. The first-order valence-corrected chi connectivity index (χ1v) is 7.58. The molecule has 0 aliphatic carbocycles. The van der Waals surface area contributed by atoms with Crippen molar-refractivity contribution in [2.75, 3.05) is 0 Å². The molecule has 0 aliphatic heterocycles. The van der Waals surface area contributed by atoms with E-state index in [9.17, 15) is 5.11 Å². The Kier molecular flexibility index (Phi) is 3.96. The summed E-state index contributed by atoms with van der Waals surface area (Å²) in [7, 11) is 0. The molecule has 1 aromatic carbocycles. The van der Waals surface area contributed by atoms with Gasteiger partial charge in [0.1, 0.15) is 5.65 Å². The van der Waals surface area contributed by atoms with Crippen LogP contribution in [-0.4, -0.2) is 14.5 Å². The Morgan fingerprint density at radius 2 is 1.83 bits per heavy atom. The van der Waals surface area contributed by atoms with Gasteiger partial charge in [0.15, 0.2) is 5.82 Å². The molecule has 0 bridgehead atoms. The minimum atomic E-state index is -0.156. The van der Waals surface area contributed by atoms with Crippen molar-refractivity contribution in [3.63, 3.8) is 0 Å². The van der Waals surface area contributed by atoms with E-state index in [0.717, 1.165) is 28.4 Å². The Bertz CT molecular complexity index is 845. The van der Waals surface area contributed by atoms with Crippen LogP contribution in [0.15, 0.2) is 58.9 Å². The molecule has 0 aliphatic rings. The maximum atomic E-state index is 9.31. The summed E-state index contributed by atoms with van der Waals surface area (Å²) in [5, 5.41) is 18.1. The number of hydrogen-bond acceptors (Lipinski definition) is 4. The lowest BCUT2D eigenvalue weighted by Crippen LogP contribution is -2.11. The molecule has 3 rings (SSSR count). The molecule has 118 valence electrons. The fourth-order valence-electron chi connectivity index (χ4n) is 2.37. The highest BCUT2D eigenvalue weighted by atomic mass is 16.3. The SMILES string of the molecule is CC(C)(C)c1nc2cc(CO)ccn2c1N=Nc1ccccc1.